The number of aromatic nitrogens is 3. The van der Waals surface area contributed by atoms with Crippen molar-refractivity contribution in [1.82, 2.24) is 19.7 Å². The molecule has 3 rings (SSSR count). The van der Waals surface area contributed by atoms with Gasteiger partial charge in [-0.15, -0.1) is 0 Å². The highest BCUT2D eigenvalue weighted by molar-refractivity contribution is 5.29. The van der Waals surface area contributed by atoms with Gasteiger partial charge in [0.05, 0.1) is 5.69 Å². The third-order valence-electron chi connectivity index (χ3n) is 4.64. The number of hydrogen-bond donors (Lipinski definition) is 0. The summed E-state index contributed by atoms with van der Waals surface area (Å²) in [7, 11) is 2.04. The van der Waals surface area contributed by atoms with Crippen molar-refractivity contribution >= 4 is 0 Å². The van der Waals surface area contributed by atoms with Crippen LogP contribution in [0.4, 0.5) is 0 Å². The fourth-order valence-electron chi connectivity index (χ4n) is 3.50. The van der Waals surface area contributed by atoms with Crippen molar-refractivity contribution in [2.45, 2.75) is 39.2 Å². The summed E-state index contributed by atoms with van der Waals surface area (Å²) >= 11 is 0. The van der Waals surface area contributed by atoms with Crippen LogP contribution in [0.2, 0.25) is 0 Å². The Morgan fingerprint density at radius 1 is 1.29 bits per heavy atom. The Bertz CT molecular complexity index is 603. The molecule has 1 aliphatic heterocycles. The molecule has 112 valence electrons. The molecule has 4 heteroatoms. The number of nitrogens with zero attached hydrogens (tertiary/aromatic N) is 4. The summed E-state index contributed by atoms with van der Waals surface area (Å²) < 4.78 is 2.01. The van der Waals surface area contributed by atoms with E-state index in [1.807, 2.05) is 24.0 Å². The van der Waals surface area contributed by atoms with E-state index in [1.165, 1.54) is 42.0 Å². The van der Waals surface area contributed by atoms with Crippen molar-refractivity contribution in [3.8, 4) is 0 Å². The summed E-state index contributed by atoms with van der Waals surface area (Å²) in [6.07, 6.45) is 5.43. The minimum Gasteiger partial charge on any atom is -0.296 e. The van der Waals surface area contributed by atoms with Crippen LogP contribution in [0.15, 0.2) is 24.4 Å². The van der Waals surface area contributed by atoms with Gasteiger partial charge in [-0.05, 0) is 45.4 Å². The van der Waals surface area contributed by atoms with Crippen LogP contribution in [-0.4, -0.2) is 32.8 Å². The van der Waals surface area contributed by atoms with Crippen LogP contribution in [-0.2, 0) is 13.5 Å². The first-order chi connectivity index (χ1) is 10.2. The molecule has 0 spiro atoms. The summed E-state index contributed by atoms with van der Waals surface area (Å²) in [4.78, 5) is 7.04. The number of pyridine rings is 1. The molecule has 4 nitrogen and oxygen atoms in total. The van der Waals surface area contributed by atoms with E-state index < -0.39 is 0 Å². The predicted molar refractivity (Wildman–Crippen MR) is 84.2 cm³/mol. The molecule has 0 radical (unpaired) electrons. The smallest absolute Gasteiger partial charge is 0.0644 e. The van der Waals surface area contributed by atoms with Crippen LogP contribution < -0.4 is 0 Å². The molecular weight excluding hydrogens is 260 g/mol. The first-order valence-electron chi connectivity index (χ1n) is 7.81. The number of rotatable bonds is 4. The molecular formula is C17H24N4. The highest BCUT2D eigenvalue weighted by atomic mass is 15.3. The highest BCUT2D eigenvalue weighted by Gasteiger charge is 2.29. The van der Waals surface area contributed by atoms with Crippen molar-refractivity contribution in [2.75, 3.05) is 13.1 Å². The maximum absolute atomic E-state index is 4.59. The molecule has 1 atom stereocenters. The largest absolute Gasteiger partial charge is 0.296 e. The van der Waals surface area contributed by atoms with Gasteiger partial charge >= 0.3 is 0 Å². The van der Waals surface area contributed by atoms with Gasteiger partial charge in [-0.1, -0.05) is 6.07 Å². The van der Waals surface area contributed by atoms with Gasteiger partial charge in [0.1, 0.15) is 0 Å². The van der Waals surface area contributed by atoms with Crippen LogP contribution in [0.1, 0.15) is 41.5 Å². The molecule has 0 amide bonds. The zero-order valence-electron chi connectivity index (χ0n) is 13.2. The fourth-order valence-corrected chi connectivity index (χ4v) is 3.50. The molecule has 1 fully saturated rings. The number of aryl methyl sites for hydroxylation is 2. The topological polar surface area (TPSA) is 34.0 Å². The van der Waals surface area contributed by atoms with Crippen LogP contribution in [0.3, 0.4) is 0 Å². The normalized spacial score (nSPS) is 19.3. The van der Waals surface area contributed by atoms with E-state index >= 15 is 0 Å². The summed E-state index contributed by atoms with van der Waals surface area (Å²) in [5.41, 5.74) is 5.12. The third kappa shape index (κ3) is 2.86. The zero-order valence-corrected chi connectivity index (χ0v) is 13.2. The molecule has 2 aromatic heterocycles. The van der Waals surface area contributed by atoms with Crippen LogP contribution in [0.25, 0.3) is 0 Å². The molecule has 0 saturated carbocycles. The van der Waals surface area contributed by atoms with Crippen molar-refractivity contribution < 1.29 is 0 Å². The molecule has 21 heavy (non-hydrogen) atoms. The highest BCUT2D eigenvalue weighted by Crippen LogP contribution is 2.35. The summed E-state index contributed by atoms with van der Waals surface area (Å²) in [6.45, 7) is 6.59. The zero-order chi connectivity index (χ0) is 14.8. The van der Waals surface area contributed by atoms with Gasteiger partial charge in [-0.25, -0.2) is 0 Å². The van der Waals surface area contributed by atoms with E-state index in [9.17, 15) is 0 Å². The molecule has 0 N–H and O–H groups in total. The Morgan fingerprint density at radius 2 is 2.14 bits per heavy atom. The van der Waals surface area contributed by atoms with Gasteiger partial charge in [0.25, 0.3) is 0 Å². The monoisotopic (exact) mass is 284 g/mol. The Morgan fingerprint density at radius 3 is 2.81 bits per heavy atom. The van der Waals surface area contributed by atoms with Crippen LogP contribution in [0.5, 0.6) is 0 Å². The molecule has 3 heterocycles. The summed E-state index contributed by atoms with van der Waals surface area (Å²) in [5.74, 6) is 0. The lowest BCUT2D eigenvalue weighted by Gasteiger charge is -2.25. The Labute approximate surface area is 126 Å². The number of hydrogen-bond acceptors (Lipinski definition) is 3. The average molecular weight is 284 g/mol. The molecule has 1 unspecified atom stereocenters. The van der Waals surface area contributed by atoms with Gasteiger partial charge < -0.3 is 0 Å². The van der Waals surface area contributed by atoms with Crippen molar-refractivity contribution in [1.29, 1.82) is 0 Å². The van der Waals surface area contributed by atoms with E-state index in [1.54, 1.807) is 0 Å². The molecule has 1 aliphatic rings. The maximum Gasteiger partial charge on any atom is 0.0644 e. The van der Waals surface area contributed by atoms with E-state index in [-0.39, 0.29) is 0 Å². The average Bonchev–Trinajstić information content (AvgIpc) is 3.03. The second-order valence-electron chi connectivity index (χ2n) is 5.97. The summed E-state index contributed by atoms with van der Waals surface area (Å²) in [6, 6.07) is 6.69. The van der Waals surface area contributed by atoms with Crippen molar-refractivity contribution in [3.05, 3.63) is 47.0 Å². The van der Waals surface area contributed by atoms with Gasteiger partial charge in [-0.3, -0.25) is 14.6 Å². The lowest BCUT2D eigenvalue weighted by Crippen LogP contribution is -2.26. The predicted octanol–water partition coefficient (Wildman–Crippen LogP) is 2.81. The molecule has 0 aromatic carbocycles. The van der Waals surface area contributed by atoms with Crippen molar-refractivity contribution in [2.24, 2.45) is 7.05 Å². The van der Waals surface area contributed by atoms with Crippen molar-refractivity contribution in [3.63, 3.8) is 0 Å². The Balaban J connectivity index is 1.73. The minimum atomic E-state index is 0.530. The maximum atomic E-state index is 4.59. The number of likely N-dealkylation sites (tertiary alicyclic amines) is 1. The summed E-state index contributed by atoms with van der Waals surface area (Å²) in [5, 5.41) is 4.59. The van der Waals surface area contributed by atoms with E-state index in [2.05, 4.69) is 41.0 Å². The first-order valence-corrected chi connectivity index (χ1v) is 7.81. The minimum absolute atomic E-state index is 0.530. The second kappa shape index (κ2) is 5.98. The Hall–Kier alpha value is -1.68. The first kappa shape index (κ1) is 14.3. The van der Waals surface area contributed by atoms with E-state index in [4.69, 9.17) is 0 Å². The molecule has 2 aromatic rings. The SMILES string of the molecule is Cc1nn(C)c(C)c1C1CCCN1CCc1ccccn1. The third-order valence-corrected chi connectivity index (χ3v) is 4.64. The van der Waals surface area contributed by atoms with Gasteiger partial charge in [-0.2, -0.15) is 5.10 Å². The van der Waals surface area contributed by atoms with E-state index in [0.717, 1.165) is 13.0 Å². The van der Waals surface area contributed by atoms with Crippen LogP contribution >= 0.6 is 0 Å². The lowest BCUT2D eigenvalue weighted by molar-refractivity contribution is 0.258. The van der Waals surface area contributed by atoms with E-state index in [0.29, 0.717) is 6.04 Å². The van der Waals surface area contributed by atoms with Gasteiger partial charge in [0, 0.05) is 49.2 Å². The molecule has 0 bridgehead atoms. The Kier molecular flexibility index (Phi) is 4.06. The van der Waals surface area contributed by atoms with Gasteiger partial charge in [0.15, 0.2) is 0 Å². The fraction of sp³-hybridized carbons (Fsp3) is 0.529. The quantitative estimate of drug-likeness (QED) is 0.866. The van der Waals surface area contributed by atoms with Crippen LogP contribution in [0, 0.1) is 13.8 Å². The molecule has 1 saturated heterocycles. The van der Waals surface area contributed by atoms with Gasteiger partial charge in [0.2, 0.25) is 0 Å². The molecule has 0 aliphatic carbocycles. The second-order valence-corrected chi connectivity index (χ2v) is 5.97. The lowest BCUT2D eigenvalue weighted by atomic mass is 10.0. The standard InChI is InChI=1S/C17H24N4/c1-13-17(14(2)20(3)19-13)16-8-6-11-21(16)12-9-15-7-4-5-10-18-15/h4-5,7,10,16H,6,8-9,11-12H2,1-3H3.